The van der Waals surface area contributed by atoms with Crippen molar-refractivity contribution >= 4 is 29.2 Å². The molecule has 2 N–H and O–H groups in total. The van der Waals surface area contributed by atoms with E-state index in [1.807, 2.05) is 0 Å². The van der Waals surface area contributed by atoms with Gasteiger partial charge in [-0.25, -0.2) is 0 Å². The smallest absolute Gasteiger partial charge is 0.326 e. The van der Waals surface area contributed by atoms with Crippen molar-refractivity contribution < 1.29 is 24.5 Å². The lowest BCUT2D eigenvalue weighted by Gasteiger charge is -2.26. The van der Waals surface area contributed by atoms with Gasteiger partial charge in [0.15, 0.2) is 0 Å². The normalized spacial score (nSPS) is 11.1. The van der Waals surface area contributed by atoms with E-state index in [0.717, 1.165) is 4.90 Å². The van der Waals surface area contributed by atoms with Crippen LogP contribution in [0.1, 0.15) is 31.1 Å². The average molecular weight is 378 g/mol. The summed E-state index contributed by atoms with van der Waals surface area (Å²) in [6.07, 6.45) is 0. The summed E-state index contributed by atoms with van der Waals surface area (Å²) in [7, 11) is 0. The molecule has 0 aliphatic rings. The molecule has 138 valence electrons. The standard InChI is InChI=1S/C19H20ClNO5/c1-19(2,3)26-16(24)11-21(12-6-4-7-13(22)10-12)18(25)17-14(20)8-5-9-15(17)23/h4-10,22-23H,11H2,1-3H3. The van der Waals surface area contributed by atoms with Crippen molar-refractivity contribution in [3.63, 3.8) is 0 Å². The van der Waals surface area contributed by atoms with Gasteiger partial charge < -0.3 is 14.9 Å². The van der Waals surface area contributed by atoms with E-state index in [2.05, 4.69) is 0 Å². The third-order valence-corrected chi connectivity index (χ3v) is 3.61. The molecule has 0 bridgehead atoms. The summed E-state index contributed by atoms with van der Waals surface area (Å²) in [5.41, 5.74) is -0.599. The summed E-state index contributed by atoms with van der Waals surface area (Å²) in [4.78, 5) is 26.3. The highest BCUT2D eigenvalue weighted by molar-refractivity contribution is 6.35. The van der Waals surface area contributed by atoms with Crippen molar-refractivity contribution in [1.82, 2.24) is 0 Å². The molecule has 0 aliphatic heterocycles. The topological polar surface area (TPSA) is 87.1 Å². The third-order valence-electron chi connectivity index (χ3n) is 3.30. The zero-order chi connectivity index (χ0) is 19.5. The lowest BCUT2D eigenvalue weighted by Crippen LogP contribution is -2.39. The van der Waals surface area contributed by atoms with E-state index in [1.165, 1.54) is 36.4 Å². The fraction of sp³-hybridized carbons (Fsp3) is 0.263. The molecule has 6 nitrogen and oxygen atoms in total. The Hall–Kier alpha value is -2.73. The Morgan fingerprint density at radius 2 is 1.77 bits per heavy atom. The van der Waals surface area contributed by atoms with E-state index in [4.69, 9.17) is 16.3 Å². The number of halogens is 1. The molecule has 0 saturated carbocycles. The van der Waals surface area contributed by atoms with Crippen LogP contribution >= 0.6 is 11.6 Å². The number of phenols is 2. The van der Waals surface area contributed by atoms with Gasteiger partial charge in [0, 0.05) is 11.8 Å². The van der Waals surface area contributed by atoms with E-state index in [0.29, 0.717) is 0 Å². The highest BCUT2D eigenvalue weighted by atomic mass is 35.5. The fourth-order valence-electron chi connectivity index (χ4n) is 2.30. The molecule has 0 spiro atoms. The SMILES string of the molecule is CC(C)(C)OC(=O)CN(C(=O)c1c(O)cccc1Cl)c1cccc(O)c1. The molecule has 0 radical (unpaired) electrons. The van der Waals surface area contributed by atoms with E-state index in [-0.39, 0.29) is 27.8 Å². The predicted octanol–water partition coefficient (Wildman–Crippen LogP) is 3.74. The Morgan fingerprint density at radius 1 is 1.12 bits per heavy atom. The van der Waals surface area contributed by atoms with Gasteiger partial charge in [-0.3, -0.25) is 14.5 Å². The molecule has 2 aromatic rings. The Labute approximate surface area is 156 Å². The van der Waals surface area contributed by atoms with Crippen molar-refractivity contribution in [2.75, 3.05) is 11.4 Å². The molecular weight excluding hydrogens is 358 g/mol. The number of carbonyl (C=O) groups is 2. The van der Waals surface area contributed by atoms with E-state index in [1.54, 1.807) is 26.8 Å². The minimum absolute atomic E-state index is 0.0457. The number of esters is 1. The van der Waals surface area contributed by atoms with Crippen LogP contribution in [0.5, 0.6) is 11.5 Å². The van der Waals surface area contributed by atoms with Gasteiger partial charge in [0.25, 0.3) is 5.91 Å². The number of rotatable bonds is 4. The first kappa shape index (κ1) is 19.6. The van der Waals surface area contributed by atoms with Crippen LogP contribution in [0.4, 0.5) is 5.69 Å². The Kier molecular flexibility index (Phi) is 5.77. The number of hydrogen-bond donors (Lipinski definition) is 2. The molecule has 0 saturated heterocycles. The molecule has 1 amide bonds. The maximum Gasteiger partial charge on any atom is 0.326 e. The number of aromatic hydroxyl groups is 2. The first-order valence-corrected chi connectivity index (χ1v) is 8.26. The Bertz CT molecular complexity index is 809. The number of amides is 1. The molecule has 0 fully saturated rings. The Balaban J connectivity index is 2.43. The number of benzene rings is 2. The summed E-state index contributed by atoms with van der Waals surface area (Å²) in [5, 5.41) is 19.8. The minimum atomic E-state index is -0.725. The third kappa shape index (κ3) is 4.89. The van der Waals surface area contributed by atoms with Gasteiger partial charge in [-0.15, -0.1) is 0 Å². The van der Waals surface area contributed by atoms with Crippen molar-refractivity contribution in [2.24, 2.45) is 0 Å². The molecule has 0 unspecified atom stereocenters. The van der Waals surface area contributed by atoms with Crippen molar-refractivity contribution in [1.29, 1.82) is 0 Å². The molecule has 2 aromatic carbocycles. The van der Waals surface area contributed by atoms with Crippen LogP contribution in [-0.4, -0.2) is 34.2 Å². The lowest BCUT2D eigenvalue weighted by molar-refractivity contribution is -0.152. The summed E-state index contributed by atoms with van der Waals surface area (Å²) in [6.45, 7) is 4.73. The number of ether oxygens (including phenoxy) is 1. The molecule has 7 heteroatoms. The van der Waals surface area contributed by atoms with Gasteiger partial charge in [-0.05, 0) is 45.0 Å². The van der Waals surface area contributed by atoms with Crippen LogP contribution in [0.25, 0.3) is 0 Å². The number of phenolic OH excluding ortho intramolecular Hbond substituents is 2. The molecule has 0 atom stereocenters. The quantitative estimate of drug-likeness (QED) is 0.792. The average Bonchev–Trinajstić information content (AvgIpc) is 2.50. The largest absolute Gasteiger partial charge is 0.508 e. The monoisotopic (exact) mass is 377 g/mol. The van der Waals surface area contributed by atoms with Crippen LogP contribution < -0.4 is 4.90 Å². The summed E-state index contributed by atoms with van der Waals surface area (Å²) < 4.78 is 5.28. The van der Waals surface area contributed by atoms with Crippen LogP contribution in [0.15, 0.2) is 42.5 Å². The van der Waals surface area contributed by atoms with E-state index < -0.39 is 24.0 Å². The van der Waals surface area contributed by atoms with Gasteiger partial charge in [0.1, 0.15) is 29.2 Å². The van der Waals surface area contributed by atoms with Crippen LogP contribution in [-0.2, 0) is 9.53 Å². The van der Waals surface area contributed by atoms with Crippen LogP contribution in [0.3, 0.4) is 0 Å². The lowest BCUT2D eigenvalue weighted by atomic mass is 10.1. The number of anilines is 1. The first-order valence-electron chi connectivity index (χ1n) is 7.89. The van der Waals surface area contributed by atoms with Crippen LogP contribution in [0, 0.1) is 0 Å². The maximum absolute atomic E-state index is 13.0. The summed E-state index contributed by atoms with van der Waals surface area (Å²) in [6, 6.07) is 10.1. The van der Waals surface area contributed by atoms with Crippen molar-refractivity contribution in [3.05, 3.63) is 53.1 Å². The second-order valence-corrected chi connectivity index (χ2v) is 7.04. The van der Waals surface area contributed by atoms with Crippen molar-refractivity contribution in [2.45, 2.75) is 26.4 Å². The molecule has 0 aromatic heterocycles. The minimum Gasteiger partial charge on any atom is -0.508 e. The highest BCUT2D eigenvalue weighted by Gasteiger charge is 2.27. The van der Waals surface area contributed by atoms with Gasteiger partial charge in [-0.2, -0.15) is 0 Å². The predicted molar refractivity (Wildman–Crippen MR) is 98.7 cm³/mol. The molecule has 0 aliphatic carbocycles. The second-order valence-electron chi connectivity index (χ2n) is 6.63. The zero-order valence-corrected chi connectivity index (χ0v) is 15.4. The zero-order valence-electron chi connectivity index (χ0n) is 14.7. The number of carbonyl (C=O) groups excluding carboxylic acids is 2. The van der Waals surface area contributed by atoms with E-state index in [9.17, 15) is 19.8 Å². The summed E-state index contributed by atoms with van der Waals surface area (Å²) >= 11 is 6.06. The molecule has 0 heterocycles. The molecule has 26 heavy (non-hydrogen) atoms. The van der Waals surface area contributed by atoms with Crippen LogP contribution in [0.2, 0.25) is 5.02 Å². The fourth-order valence-corrected chi connectivity index (χ4v) is 2.55. The first-order chi connectivity index (χ1) is 12.1. The van der Waals surface area contributed by atoms with Gasteiger partial charge >= 0.3 is 5.97 Å². The maximum atomic E-state index is 13.0. The highest BCUT2D eigenvalue weighted by Crippen LogP contribution is 2.30. The van der Waals surface area contributed by atoms with Gasteiger partial charge in [0.05, 0.1) is 5.02 Å². The molecule has 2 rings (SSSR count). The van der Waals surface area contributed by atoms with Gasteiger partial charge in [-0.1, -0.05) is 23.7 Å². The number of nitrogens with zero attached hydrogens (tertiary/aromatic N) is 1. The van der Waals surface area contributed by atoms with E-state index >= 15 is 0 Å². The van der Waals surface area contributed by atoms with Crippen molar-refractivity contribution in [3.8, 4) is 11.5 Å². The molecular formula is C19H20ClNO5. The van der Waals surface area contributed by atoms with Gasteiger partial charge in [0.2, 0.25) is 0 Å². The summed E-state index contributed by atoms with van der Waals surface area (Å²) in [5.74, 6) is -1.71. The number of hydrogen-bond acceptors (Lipinski definition) is 5. The Morgan fingerprint density at radius 3 is 2.35 bits per heavy atom. The second kappa shape index (κ2) is 7.66.